The molecule has 1 fully saturated rings. The summed E-state index contributed by atoms with van der Waals surface area (Å²) in [6, 6.07) is 1.91. The van der Waals surface area contributed by atoms with E-state index < -0.39 is 0 Å². The molecule has 0 atom stereocenters. The third kappa shape index (κ3) is 3.91. The van der Waals surface area contributed by atoms with Crippen molar-refractivity contribution in [3.8, 4) is 0 Å². The molecule has 1 aromatic rings. The molecule has 0 radical (unpaired) electrons. The van der Waals surface area contributed by atoms with Gasteiger partial charge in [0.25, 0.3) is 0 Å². The van der Waals surface area contributed by atoms with Crippen LogP contribution in [0.25, 0.3) is 0 Å². The highest BCUT2D eigenvalue weighted by Crippen LogP contribution is 2.14. The quantitative estimate of drug-likeness (QED) is 0.902. The van der Waals surface area contributed by atoms with Crippen molar-refractivity contribution in [1.82, 2.24) is 14.9 Å². The zero-order valence-corrected chi connectivity index (χ0v) is 11.7. The first-order chi connectivity index (χ1) is 9.16. The van der Waals surface area contributed by atoms with Crippen LogP contribution in [0.1, 0.15) is 44.7 Å². The Morgan fingerprint density at radius 3 is 2.74 bits per heavy atom. The maximum Gasteiger partial charge on any atom is 0.241 e. The van der Waals surface area contributed by atoms with Crippen molar-refractivity contribution in [2.24, 2.45) is 0 Å². The molecule has 5 nitrogen and oxygen atoms in total. The molecule has 2 rings (SSSR count). The van der Waals surface area contributed by atoms with E-state index in [0.717, 1.165) is 37.4 Å². The van der Waals surface area contributed by atoms with E-state index in [1.807, 2.05) is 11.0 Å². The van der Waals surface area contributed by atoms with Crippen LogP contribution >= 0.6 is 0 Å². The van der Waals surface area contributed by atoms with Gasteiger partial charge in [-0.3, -0.25) is 4.79 Å². The molecule has 2 heterocycles. The lowest BCUT2D eigenvalue weighted by atomic mass is 10.1. The zero-order chi connectivity index (χ0) is 13.7. The molecule has 1 saturated heterocycles. The second kappa shape index (κ2) is 6.50. The minimum atomic E-state index is 0.157. The second-order valence-electron chi connectivity index (χ2n) is 5.28. The fourth-order valence-corrected chi connectivity index (χ4v) is 2.21. The molecule has 0 aliphatic carbocycles. The molecule has 1 aliphatic heterocycles. The summed E-state index contributed by atoms with van der Waals surface area (Å²) in [6.45, 7) is 6.27. The predicted molar refractivity (Wildman–Crippen MR) is 75.0 cm³/mol. The van der Waals surface area contributed by atoms with Gasteiger partial charge in [-0.05, 0) is 25.2 Å². The second-order valence-corrected chi connectivity index (χ2v) is 5.28. The van der Waals surface area contributed by atoms with Crippen molar-refractivity contribution in [1.29, 1.82) is 0 Å². The Labute approximate surface area is 114 Å². The molecule has 1 N–H and O–H groups in total. The van der Waals surface area contributed by atoms with E-state index in [1.54, 1.807) is 6.33 Å². The molecule has 0 unspecified atom stereocenters. The minimum Gasteiger partial charge on any atom is -0.361 e. The van der Waals surface area contributed by atoms with Gasteiger partial charge in [-0.2, -0.15) is 0 Å². The molecule has 0 bridgehead atoms. The summed E-state index contributed by atoms with van der Waals surface area (Å²) in [7, 11) is 0. The van der Waals surface area contributed by atoms with Crippen LogP contribution in [0.4, 0.5) is 5.82 Å². The summed E-state index contributed by atoms with van der Waals surface area (Å²) in [5, 5.41) is 3.09. The predicted octanol–water partition coefficient (Wildman–Crippen LogP) is 2.02. The van der Waals surface area contributed by atoms with Gasteiger partial charge in [0.15, 0.2) is 0 Å². The number of piperidine rings is 1. The van der Waals surface area contributed by atoms with Crippen LogP contribution in [0.15, 0.2) is 12.4 Å². The SMILES string of the molecule is CC(C)c1cc(NCC(=O)N2CCCCC2)ncn1. The number of anilines is 1. The van der Waals surface area contributed by atoms with Crippen molar-refractivity contribution in [3.05, 3.63) is 18.1 Å². The first-order valence-corrected chi connectivity index (χ1v) is 7.00. The van der Waals surface area contributed by atoms with Crippen molar-refractivity contribution in [2.75, 3.05) is 25.0 Å². The lowest BCUT2D eigenvalue weighted by Gasteiger charge is -2.26. The van der Waals surface area contributed by atoms with Crippen LogP contribution in [0, 0.1) is 0 Å². The Morgan fingerprint density at radius 1 is 1.32 bits per heavy atom. The molecule has 0 saturated carbocycles. The van der Waals surface area contributed by atoms with Gasteiger partial charge in [-0.1, -0.05) is 13.8 Å². The monoisotopic (exact) mass is 262 g/mol. The number of nitrogens with zero attached hydrogens (tertiary/aromatic N) is 3. The normalized spacial score (nSPS) is 15.6. The average molecular weight is 262 g/mol. The number of carbonyl (C=O) groups is 1. The van der Waals surface area contributed by atoms with Gasteiger partial charge < -0.3 is 10.2 Å². The van der Waals surface area contributed by atoms with Crippen LogP contribution < -0.4 is 5.32 Å². The van der Waals surface area contributed by atoms with E-state index in [4.69, 9.17) is 0 Å². The van der Waals surface area contributed by atoms with E-state index in [9.17, 15) is 4.79 Å². The molecule has 1 aliphatic rings. The number of nitrogens with one attached hydrogen (secondary N) is 1. The number of hydrogen-bond acceptors (Lipinski definition) is 4. The van der Waals surface area contributed by atoms with Crippen LogP contribution in [-0.4, -0.2) is 40.4 Å². The van der Waals surface area contributed by atoms with E-state index in [2.05, 4.69) is 29.1 Å². The fourth-order valence-electron chi connectivity index (χ4n) is 2.21. The molecule has 1 amide bonds. The Hall–Kier alpha value is -1.65. The Balaban J connectivity index is 1.87. The Morgan fingerprint density at radius 2 is 2.05 bits per heavy atom. The molecule has 104 valence electrons. The van der Waals surface area contributed by atoms with Gasteiger partial charge in [0.2, 0.25) is 5.91 Å². The number of likely N-dealkylation sites (tertiary alicyclic amines) is 1. The maximum atomic E-state index is 12.0. The van der Waals surface area contributed by atoms with Crippen LogP contribution in [-0.2, 0) is 4.79 Å². The summed E-state index contributed by atoms with van der Waals surface area (Å²) >= 11 is 0. The van der Waals surface area contributed by atoms with Crippen molar-refractivity contribution in [3.63, 3.8) is 0 Å². The largest absolute Gasteiger partial charge is 0.361 e. The standard InChI is InChI=1S/C14H22N4O/c1-11(2)12-8-13(17-10-16-12)15-9-14(19)18-6-4-3-5-7-18/h8,10-11H,3-7,9H2,1-2H3,(H,15,16,17). The molecule has 5 heteroatoms. The smallest absolute Gasteiger partial charge is 0.241 e. The highest BCUT2D eigenvalue weighted by atomic mass is 16.2. The van der Waals surface area contributed by atoms with Crippen molar-refractivity contribution >= 4 is 11.7 Å². The molecular formula is C14H22N4O. The van der Waals surface area contributed by atoms with Gasteiger partial charge in [0, 0.05) is 24.8 Å². The average Bonchev–Trinajstić information content (AvgIpc) is 2.46. The van der Waals surface area contributed by atoms with Gasteiger partial charge >= 0.3 is 0 Å². The molecule has 0 aromatic carbocycles. The number of carbonyl (C=O) groups excluding carboxylic acids is 1. The molecule has 0 spiro atoms. The highest BCUT2D eigenvalue weighted by Gasteiger charge is 2.16. The summed E-state index contributed by atoms with van der Waals surface area (Å²) in [5.41, 5.74) is 0.989. The fraction of sp³-hybridized carbons (Fsp3) is 0.643. The van der Waals surface area contributed by atoms with Gasteiger partial charge in [-0.15, -0.1) is 0 Å². The first kappa shape index (κ1) is 13.8. The van der Waals surface area contributed by atoms with Crippen molar-refractivity contribution in [2.45, 2.75) is 39.0 Å². The number of amides is 1. The topological polar surface area (TPSA) is 58.1 Å². The summed E-state index contributed by atoms with van der Waals surface area (Å²) < 4.78 is 0. The van der Waals surface area contributed by atoms with Gasteiger partial charge in [-0.25, -0.2) is 9.97 Å². The van der Waals surface area contributed by atoms with Crippen LogP contribution in [0.5, 0.6) is 0 Å². The highest BCUT2D eigenvalue weighted by molar-refractivity contribution is 5.80. The third-order valence-corrected chi connectivity index (χ3v) is 3.41. The zero-order valence-electron chi connectivity index (χ0n) is 11.7. The van der Waals surface area contributed by atoms with Crippen LogP contribution in [0.3, 0.4) is 0 Å². The van der Waals surface area contributed by atoms with E-state index >= 15 is 0 Å². The lowest BCUT2D eigenvalue weighted by Crippen LogP contribution is -2.39. The summed E-state index contributed by atoms with van der Waals surface area (Å²) in [5.74, 6) is 1.25. The summed E-state index contributed by atoms with van der Waals surface area (Å²) in [4.78, 5) is 22.3. The first-order valence-electron chi connectivity index (χ1n) is 7.00. The minimum absolute atomic E-state index is 0.157. The van der Waals surface area contributed by atoms with E-state index in [1.165, 1.54) is 6.42 Å². The number of hydrogen-bond donors (Lipinski definition) is 1. The van der Waals surface area contributed by atoms with E-state index in [-0.39, 0.29) is 5.91 Å². The molecular weight excluding hydrogens is 240 g/mol. The Kier molecular flexibility index (Phi) is 4.71. The van der Waals surface area contributed by atoms with Gasteiger partial charge in [0.1, 0.15) is 12.1 Å². The third-order valence-electron chi connectivity index (χ3n) is 3.41. The molecule has 1 aromatic heterocycles. The summed E-state index contributed by atoms with van der Waals surface area (Å²) in [6.07, 6.45) is 5.03. The van der Waals surface area contributed by atoms with E-state index in [0.29, 0.717) is 12.5 Å². The van der Waals surface area contributed by atoms with Crippen LogP contribution in [0.2, 0.25) is 0 Å². The number of aromatic nitrogens is 2. The van der Waals surface area contributed by atoms with Gasteiger partial charge in [0.05, 0.1) is 6.54 Å². The lowest BCUT2D eigenvalue weighted by molar-refractivity contribution is -0.130. The number of rotatable bonds is 4. The Bertz CT molecular complexity index is 427. The maximum absolute atomic E-state index is 12.0. The molecule has 19 heavy (non-hydrogen) atoms. The van der Waals surface area contributed by atoms with Crippen molar-refractivity contribution < 1.29 is 4.79 Å².